The first-order valence-electron chi connectivity index (χ1n) is 9.32. The molecule has 2 nitrogen and oxygen atoms in total. The molecule has 3 aromatic carbocycles. The summed E-state index contributed by atoms with van der Waals surface area (Å²) in [6, 6.07) is 24.2. The minimum Gasteiger partial charge on any atom is -0.479 e. The topological polar surface area (TPSA) is 37.3 Å². The smallest absolute Gasteiger partial charge is 0.342 e. The second kappa shape index (κ2) is 8.86. The highest BCUT2D eigenvalue weighted by atomic mass is 31.2. The number of hydrogen-bond donors (Lipinski definition) is 1. The third-order valence-electron chi connectivity index (χ3n) is 5.08. The van der Waals surface area contributed by atoms with Gasteiger partial charge in [0.15, 0.2) is 6.16 Å². The molecule has 3 heteroatoms. The van der Waals surface area contributed by atoms with Crippen LogP contribution in [0.5, 0.6) is 0 Å². The van der Waals surface area contributed by atoms with Crippen LogP contribution in [0.1, 0.15) is 16.7 Å². The fourth-order valence-electron chi connectivity index (χ4n) is 3.52. The summed E-state index contributed by atoms with van der Waals surface area (Å²) in [6.45, 7) is 11.5. The zero-order valence-electron chi connectivity index (χ0n) is 16.3. The van der Waals surface area contributed by atoms with Gasteiger partial charge in [-0.1, -0.05) is 74.4 Å². The third-order valence-corrected chi connectivity index (χ3v) is 9.37. The van der Waals surface area contributed by atoms with Crippen LogP contribution in [0.15, 0.2) is 92.5 Å². The first-order chi connectivity index (χ1) is 14.0. The second-order valence-electron chi connectivity index (χ2n) is 6.75. The maximum Gasteiger partial charge on any atom is 0.342 e. The van der Waals surface area contributed by atoms with E-state index in [1.807, 2.05) is 72.8 Å². The van der Waals surface area contributed by atoms with Gasteiger partial charge in [-0.2, -0.15) is 0 Å². The van der Waals surface area contributed by atoms with Crippen molar-refractivity contribution >= 4 is 47.4 Å². The van der Waals surface area contributed by atoms with E-state index in [0.717, 1.165) is 32.6 Å². The molecule has 0 atom stereocenters. The van der Waals surface area contributed by atoms with Crippen molar-refractivity contribution in [3.8, 4) is 0 Å². The van der Waals surface area contributed by atoms with Crippen molar-refractivity contribution in [2.75, 3.05) is 6.16 Å². The van der Waals surface area contributed by atoms with Gasteiger partial charge in [0.25, 0.3) is 0 Å². The summed E-state index contributed by atoms with van der Waals surface area (Å²) in [5, 5.41) is 13.0. The van der Waals surface area contributed by atoms with Gasteiger partial charge in [-0.15, -0.1) is 0 Å². The fourth-order valence-corrected chi connectivity index (χ4v) is 7.34. The standard InChI is InChI=1S/C26H23O2P/c1-4-20-7-13-23(14-8-20)29(19-26(27)28,24-15-9-21(5-2)10-16-24)25-17-11-22(6-3)12-18-25/h4-18H,1-3,19H2/p+1. The summed E-state index contributed by atoms with van der Waals surface area (Å²) in [5.41, 5.74) is 3.02. The van der Waals surface area contributed by atoms with E-state index in [-0.39, 0.29) is 6.16 Å². The first-order valence-corrected chi connectivity index (χ1v) is 11.3. The first kappa shape index (κ1) is 20.5. The zero-order chi connectivity index (χ0) is 20.9. The normalized spacial score (nSPS) is 10.9. The highest BCUT2D eigenvalue weighted by Gasteiger charge is 2.47. The SMILES string of the molecule is C=Cc1ccc([P+](CC(=O)O)(c2ccc(C=C)cc2)c2ccc(C=C)cc2)cc1. The Morgan fingerprint density at radius 2 is 0.931 bits per heavy atom. The molecule has 0 spiro atoms. The van der Waals surface area contributed by atoms with Crippen molar-refractivity contribution in [2.45, 2.75) is 0 Å². The maximum atomic E-state index is 12.1. The van der Waals surface area contributed by atoms with Crippen LogP contribution in [0.25, 0.3) is 18.2 Å². The molecule has 0 aliphatic carbocycles. The molecule has 0 aromatic heterocycles. The van der Waals surface area contributed by atoms with Crippen LogP contribution in [-0.2, 0) is 4.79 Å². The van der Waals surface area contributed by atoms with Crippen molar-refractivity contribution in [3.05, 3.63) is 109 Å². The van der Waals surface area contributed by atoms with Crippen LogP contribution in [0.2, 0.25) is 0 Å². The Hall–Kier alpha value is -3.22. The van der Waals surface area contributed by atoms with E-state index < -0.39 is 13.2 Å². The van der Waals surface area contributed by atoms with E-state index in [4.69, 9.17) is 0 Å². The van der Waals surface area contributed by atoms with Crippen LogP contribution in [0.4, 0.5) is 0 Å². The molecule has 3 rings (SSSR count). The molecule has 0 saturated carbocycles. The molecule has 0 saturated heterocycles. The quantitative estimate of drug-likeness (QED) is 0.542. The third kappa shape index (κ3) is 4.13. The Balaban J connectivity index is 2.32. The summed E-state index contributed by atoms with van der Waals surface area (Å²) in [6.07, 6.45) is 5.41. The minimum atomic E-state index is -2.40. The molecule has 1 N–H and O–H groups in total. The predicted octanol–water partition coefficient (Wildman–Crippen LogP) is 4.99. The number of carboxylic acids is 1. The Labute approximate surface area is 172 Å². The van der Waals surface area contributed by atoms with Gasteiger partial charge in [0.2, 0.25) is 0 Å². The molecule has 0 heterocycles. The minimum absolute atomic E-state index is 0.0430. The van der Waals surface area contributed by atoms with E-state index in [1.54, 1.807) is 18.2 Å². The number of carboxylic acid groups (broad SMARTS) is 1. The van der Waals surface area contributed by atoms with Crippen LogP contribution < -0.4 is 15.9 Å². The molecule has 0 radical (unpaired) electrons. The molecule has 3 aromatic rings. The summed E-state index contributed by atoms with van der Waals surface area (Å²) >= 11 is 0. The molecule has 0 fully saturated rings. The Morgan fingerprint density at radius 1 is 0.655 bits per heavy atom. The Bertz CT molecular complexity index is 904. The number of aliphatic carboxylic acids is 1. The Morgan fingerprint density at radius 3 is 1.14 bits per heavy atom. The lowest BCUT2D eigenvalue weighted by molar-refractivity contribution is -0.134. The second-order valence-corrected chi connectivity index (χ2v) is 10.2. The van der Waals surface area contributed by atoms with Crippen molar-refractivity contribution in [2.24, 2.45) is 0 Å². The van der Waals surface area contributed by atoms with Gasteiger partial charge in [-0.3, -0.25) is 0 Å². The van der Waals surface area contributed by atoms with Gasteiger partial charge in [-0.25, -0.2) is 4.79 Å². The van der Waals surface area contributed by atoms with Crippen molar-refractivity contribution in [1.29, 1.82) is 0 Å². The van der Waals surface area contributed by atoms with Gasteiger partial charge in [0.1, 0.15) is 23.2 Å². The fraction of sp³-hybridized carbons (Fsp3) is 0.0385. The highest BCUT2D eigenvalue weighted by Crippen LogP contribution is 2.55. The monoisotopic (exact) mass is 399 g/mol. The molecule has 0 amide bonds. The molecule has 0 bridgehead atoms. The lowest BCUT2D eigenvalue weighted by Gasteiger charge is -2.26. The lowest BCUT2D eigenvalue weighted by Crippen LogP contribution is -2.35. The van der Waals surface area contributed by atoms with Crippen LogP contribution in [-0.4, -0.2) is 17.2 Å². The maximum absolute atomic E-state index is 12.1. The summed E-state index contributed by atoms with van der Waals surface area (Å²) in [7, 11) is -2.40. The van der Waals surface area contributed by atoms with Gasteiger partial charge < -0.3 is 5.11 Å². The molecule has 144 valence electrons. The zero-order valence-corrected chi connectivity index (χ0v) is 17.2. The number of benzene rings is 3. The van der Waals surface area contributed by atoms with Gasteiger partial charge in [-0.05, 0) is 53.1 Å². The number of hydrogen-bond acceptors (Lipinski definition) is 1. The molecular formula is C26H24O2P+. The van der Waals surface area contributed by atoms with Crippen molar-refractivity contribution < 1.29 is 9.90 Å². The van der Waals surface area contributed by atoms with Crippen LogP contribution in [0, 0.1) is 0 Å². The molecule has 29 heavy (non-hydrogen) atoms. The molecule has 0 aliphatic rings. The van der Waals surface area contributed by atoms with Crippen LogP contribution >= 0.6 is 7.26 Å². The van der Waals surface area contributed by atoms with E-state index >= 15 is 0 Å². The van der Waals surface area contributed by atoms with Crippen molar-refractivity contribution in [3.63, 3.8) is 0 Å². The van der Waals surface area contributed by atoms with Crippen molar-refractivity contribution in [1.82, 2.24) is 0 Å². The number of carbonyl (C=O) groups is 1. The Kier molecular flexibility index (Phi) is 6.26. The summed E-state index contributed by atoms with van der Waals surface area (Å²) in [4.78, 5) is 12.1. The summed E-state index contributed by atoms with van der Waals surface area (Å²) in [5.74, 6) is -0.813. The molecule has 0 unspecified atom stereocenters. The van der Waals surface area contributed by atoms with E-state index in [0.29, 0.717) is 0 Å². The number of rotatable bonds is 8. The van der Waals surface area contributed by atoms with E-state index in [9.17, 15) is 9.90 Å². The lowest BCUT2D eigenvalue weighted by atomic mass is 10.2. The van der Waals surface area contributed by atoms with Crippen LogP contribution in [0.3, 0.4) is 0 Å². The van der Waals surface area contributed by atoms with Gasteiger partial charge >= 0.3 is 5.97 Å². The average Bonchev–Trinajstić information content (AvgIpc) is 2.77. The average molecular weight is 399 g/mol. The van der Waals surface area contributed by atoms with Gasteiger partial charge in [0, 0.05) is 0 Å². The van der Waals surface area contributed by atoms with E-state index in [1.165, 1.54) is 0 Å². The van der Waals surface area contributed by atoms with E-state index in [2.05, 4.69) is 19.7 Å². The highest BCUT2D eigenvalue weighted by molar-refractivity contribution is 7.96. The molecule has 0 aliphatic heterocycles. The summed E-state index contributed by atoms with van der Waals surface area (Å²) < 4.78 is 0. The molecular weight excluding hydrogens is 375 g/mol. The largest absolute Gasteiger partial charge is 0.479 e. The predicted molar refractivity (Wildman–Crippen MR) is 128 cm³/mol. The van der Waals surface area contributed by atoms with Gasteiger partial charge in [0.05, 0.1) is 0 Å².